The third-order valence-corrected chi connectivity index (χ3v) is 4.20. The van der Waals surface area contributed by atoms with E-state index >= 15 is 0 Å². The van der Waals surface area contributed by atoms with E-state index in [0.29, 0.717) is 6.42 Å². The predicted octanol–water partition coefficient (Wildman–Crippen LogP) is 5.08. The fraction of sp³-hybridized carbons (Fsp3) is 0.150. The average molecular weight is 320 g/mol. The van der Waals surface area contributed by atoms with E-state index in [4.69, 9.17) is 9.52 Å². The number of halogens is 1. The van der Waals surface area contributed by atoms with E-state index in [1.54, 1.807) is 12.1 Å². The molecule has 120 valence electrons. The van der Waals surface area contributed by atoms with Gasteiger partial charge < -0.3 is 4.42 Å². The van der Waals surface area contributed by atoms with Crippen molar-refractivity contribution in [3.05, 3.63) is 89.6 Å². The number of furan rings is 1. The van der Waals surface area contributed by atoms with Gasteiger partial charge in [-0.3, -0.25) is 5.01 Å². The van der Waals surface area contributed by atoms with Gasteiger partial charge in [0.05, 0.1) is 11.4 Å². The van der Waals surface area contributed by atoms with Gasteiger partial charge in [-0.25, -0.2) is 4.39 Å². The lowest BCUT2D eigenvalue weighted by Gasteiger charge is -2.21. The van der Waals surface area contributed by atoms with Crippen LogP contribution in [0.4, 0.5) is 10.1 Å². The molecule has 0 amide bonds. The van der Waals surface area contributed by atoms with Crippen LogP contribution < -0.4 is 5.01 Å². The molecule has 4 rings (SSSR count). The second-order valence-corrected chi connectivity index (χ2v) is 5.90. The minimum absolute atomic E-state index is 0.00107. The van der Waals surface area contributed by atoms with E-state index in [1.165, 1.54) is 12.1 Å². The van der Waals surface area contributed by atoms with Gasteiger partial charge in [-0.05, 0) is 48.9 Å². The molecule has 0 unspecified atom stereocenters. The van der Waals surface area contributed by atoms with Crippen molar-refractivity contribution in [2.75, 3.05) is 5.01 Å². The molecular weight excluding hydrogens is 303 g/mol. The van der Waals surface area contributed by atoms with Crippen molar-refractivity contribution in [2.45, 2.75) is 19.4 Å². The third kappa shape index (κ3) is 2.71. The van der Waals surface area contributed by atoms with Crippen molar-refractivity contribution in [1.29, 1.82) is 0 Å². The monoisotopic (exact) mass is 320 g/mol. The molecule has 4 heteroatoms. The summed E-state index contributed by atoms with van der Waals surface area (Å²) in [6, 6.07) is 20.5. The molecule has 0 saturated heterocycles. The van der Waals surface area contributed by atoms with Crippen LogP contribution in [0.5, 0.6) is 0 Å². The minimum atomic E-state index is -0.240. The third-order valence-electron chi connectivity index (χ3n) is 4.20. The number of benzene rings is 2. The first-order valence-electron chi connectivity index (χ1n) is 7.95. The standard InChI is InChI=1S/C20H17FN2O/c1-14-7-12-20(24-14)19-13-18(15-8-10-16(21)11-9-15)22-23(19)17-5-3-2-4-6-17/h2-12,19H,13H2,1H3/t19-/m1/s1. The molecule has 0 N–H and O–H groups in total. The van der Waals surface area contributed by atoms with Crippen LogP contribution in [0.2, 0.25) is 0 Å². The van der Waals surface area contributed by atoms with Gasteiger partial charge in [0.15, 0.2) is 0 Å². The maximum atomic E-state index is 13.2. The second-order valence-electron chi connectivity index (χ2n) is 5.90. The van der Waals surface area contributed by atoms with Crippen LogP contribution in [0, 0.1) is 12.7 Å². The number of nitrogens with zero attached hydrogens (tertiary/aromatic N) is 2. The number of para-hydroxylation sites is 1. The molecule has 3 aromatic rings. The first-order valence-corrected chi connectivity index (χ1v) is 7.95. The molecule has 1 aromatic heterocycles. The smallest absolute Gasteiger partial charge is 0.129 e. The fourth-order valence-corrected chi connectivity index (χ4v) is 3.00. The number of hydrazone groups is 1. The Morgan fingerprint density at radius 2 is 1.75 bits per heavy atom. The first kappa shape index (κ1) is 14.7. The second kappa shape index (κ2) is 5.96. The number of hydrogen-bond acceptors (Lipinski definition) is 3. The Kier molecular flexibility index (Phi) is 3.65. The Morgan fingerprint density at radius 1 is 1.00 bits per heavy atom. The van der Waals surface area contributed by atoms with Crippen LogP contribution in [0.1, 0.15) is 29.5 Å². The summed E-state index contributed by atoms with van der Waals surface area (Å²) in [5, 5.41) is 6.78. The molecule has 0 bridgehead atoms. The molecule has 0 aliphatic carbocycles. The Bertz CT molecular complexity index is 868. The summed E-state index contributed by atoms with van der Waals surface area (Å²) < 4.78 is 19.0. The molecule has 0 spiro atoms. The Morgan fingerprint density at radius 3 is 2.42 bits per heavy atom. The summed E-state index contributed by atoms with van der Waals surface area (Å²) in [6.45, 7) is 1.94. The number of anilines is 1. The van der Waals surface area contributed by atoms with E-state index in [0.717, 1.165) is 28.5 Å². The zero-order valence-electron chi connectivity index (χ0n) is 13.3. The van der Waals surface area contributed by atoms with Crippen molar-refractivity contribution < 1.29 is 8.81 Å². The van der Waals surface area contributed by atoms with Crippen LogP contribution in [-0.4, -0.2) is 5.71 Å². The molecule has 1 aliphatic rings. The van der Waals surface area contributed by atoms with Crippen LogP contribution in [0.15, 0.2) is 76.2 Å². The van der Waals surface area contributed by atoms with Crippen LogP contribution in [0.25, 0.3) is 0 Å². The summed E-state index contributed by atoms with van der Waals surface area (Å²) in [5.41, 5.74) is 2.87. The van der Waals surface area contributed by atoms with Gasteiger partial charge in [-0.1, -0.05) is 30.3 Å². The minimum Gasteiger partial charge on any atom is -0.464 e. The Hall–Kier alpha value is -2.88. The number of aryl methyl sites for hydroxylation is 1. The van der Waals surface area contributed by atoms with Crippen LogP contribution >= 0.6 is 0 Å². The van der Waals surface area contributed by atoms with Crippen LogP contribution in [0.3, 0.4) is 0 Å². The summed E-state index contributed by atoms with van der Waals surface area (Å²) >= 11 is 0. The molecule has 24 heavy (non-hydrogen) atoms. The van der Waals surface area contributed by atoms with Crippen molar-refractivity contribution in [3.63, 3.8) is 0 Å². The van der Waals surface area contributed by atoms with E-state index in [-0.39, 0.29) is 11.9 Å². The highest BCUT2D eigenvalue weighted by Gasteiger charge is 2.31. The van der Waals surface area contributed by atoms with Crippen molar-refractivity contribution >= 4 is 11.4 Å². The maximum Gasteiger partial charge on any atom is 0.129 e. The molecule has 3 nitrogen and oxygen atoms in total. The number of rotatable bonds is 3. The van der Waals surface area contributed by atoms with E-state index < -0.39 is 0 Å². The summed E-state index contributed by atoms with van der Waals surface area (Å²) in [7, 11) is 0. The van der Waals surface area contributed by atoms with Gasteiger partial charge in [-0.15, -0.1) is 0 Å². The van der Waals surface area contributed by atoms with Gasteiger partial charge in [0.25, 0.3) is 0 Å². The Labute approximate surface area is 140 Å². The van der Waals surface area contributed by atoms with Crippen molar-refractivity contribution in [3.8, 4) is 0 Å². The lowest BCUT2D eigenvalue weighted by atomic mass is 10.0. The van der Waals surface area contributed by atoms with Crippen molar-refractivity contribution in [2.24, 2.45) is 5.10 Å². The maximum absolute atomic E-state index is 13.2. The first-order chi connectivity index (χ1) is 11.7. The zero-order valence-corrected chi connectivity index (χ0v) is 13.3. The zero-order chi connectivity index (χ0) is 16.5. The van der Waals surface area contributed by atoms with Gasteiger partial charge in [0.2, 0.25) is 0 Å². The molecule has 1 aliphatic heterocycles. The fourth-order valence-electron chi connectivity index (χ4n) is 3.00. The molecular formula is C20H17FN2O. The molecule has 0 fully saturated rings. The summed E-state index contributed by atoms with van der Waals surface area (Å²) in [6.07, 6.45) is 0.716. The topological polar surface area (TPSA) is 28.7 Å². The predicted molar refractivity (Wildman–Crippen MR) is 92.7 cm³/mol. The van der Waals surface area contributed by atoms with Gasteiger partial charge >= 0.3 is 0 Å². The van der Waals surface area contributed by atoms with E-state index in [9.17, 15) is 4.39 Å². The van der Waals surface area contributed by atoms with Crippen LogP contribution in [-0.2, 0) is 0 Å². The number of hydrogen-bond donors (Lipinski definition) is 0. The van der Waals surface area contributed by atoms with Gasteiger partial charge in [0, 0.05) is 6.42 Å². The van der Waals surface area contributed by atoms with Gasteiger partial charge in [-0.2, -0.15) is 5.10 Å². The van der Waals surface area contributed by atoms with Crippen molar-refractivity contribution in [1.82, 2.24) is 0 Å². The quantitative estimate of drug-likeness (QED) is 0.673. The van der Waals surface area contributed by atoms with E-state index in [2.05, 4.69) is 0 Å². The molecule has 2 heterocycles. The lowest BCUT2D eigenvalue weighted by molar-refractivity contribution is 0.445. The average Bonchev–Trinajstić information content (AvgIpc) is 3.23. The molecule has 0 radical (unpaired) electrons. The molecule has 1 atom stereocenters. The normalized spacial score (nSPS) is 17.2. The highest BCUT2D eigenvalue weighted by molar-refractivity contribution is 6.03. The molecule has 0 saturated carbocycles. The lowest BCUT2D eigenvalue weighted by Crippen LogP contribution is -2.17. The molecule has 2 aromatic carbocycles. The summed E-state index contributed by atoms with van der Waals surface area (Å²) in [5.74, 6) is 1.53. The van der Waals surface area contributed by atoms with Gasteiger partial charge in [0.1, 0.15) is 23.4 Å². The summed E-state index contributed by atoms with van der Waals surface area (Å²) in [4.78, 5) is 0. The largest absolute Gasteiger partial charge is 0.464 e. The van der Waals surface area contributed by atoms with E-state index in [1.807, 2.05) is 54.4 Å². The highest BCUT2D eigenvalue weighted by Crippen LogP contribution is 2.37. The Balaban J connectivity index is 1.74. The SMILES string of the molecule is Cc1ccc([C@H]2CC(c3ccc(F)cc3)=NN2c2ccccc2)o1. The highest BCUT2D eigenvalue weighted by atomic mass is 19.1.